The van der Waals surface area contributed by atoms with E-state index in [0.29, 0.717) is 0 Å². The predicted octanol–water partition coefficient (Wildman–Crippen LogP) is 25.6. The van der Waals surface area contributed by atoms with E-state index in [4.69, 9.17) is 27.6 Å². The number of hydrogen-bond acceptors (Lipinski definition) is 14. The summed E-state index contributed by atoms with van der Waals surface area (Å²) in [6.07, 6.45) is 1.42. The fraction of sp³-hybridized carbons (Fsp3) is 0.283. The molecule has 562 valence electrons. The first-order valence-electron chi connectivity index (χ1n) is 37.9. The Morgan fingerprint density at radius 3 is 0.845 bits per heavy atom. The van der Waals surface area contributed by atoms with Crippen LogP contribution in [0.4, 0.5) is 34.1 Å². The van der Waals surface area contributed by atoms with Crippen LogP contribution in [0.25, 0.3) is 43.1 Å². The molecule has 0 aromatic heterocycles. The lowest BCUT2D eigenvalue weighted by molar-refractivity contribution is -0.153. The summed E-state index contributed by atoms with van der Waals surface area (Å²) in [5.41, 5.74) is 12.9. The summed E-state index contributed by atoms with van der Waals surface area (Å²) in [6, 6.07) is 76.4. The van der Waals surface area contributed by atoms with Crippen molar-refractivity contribution in [1.29, 1.82) is 0 Å². The lowest BCUT2D eigenvalue weighted by Gasteiger charge is -2.35. The SMILES string of the molecule is CC(C)(C)c1cc(C(C)(CC(=O)OCCOC(=O)CC(C)(c2ccc(OP3Cc4cccc5cccc(c45)N3)c(C(C)(C)C)c2)c2ccc(OP3Nc4cccc5cccc(c45)N3)c(C(C)(C)C)c2)c2ccc(OP3Nc4cccc5cccc(c45)N3)c(C(C)(C)C)c2)ccc1OP1Cc2cccc3cccc(c23)N1. The quantitative estimate of drug-likeness (QED) is 0.0258. The second-order valence-electron chi connectivity index (χ2n) is 34.1. The summed E-state index contributed by atoms with van der Waals surface area (Å²) in [5.74, 6) is 2.15. The average molecular weight is 1540 g/mol. The number of hydrogen-bond donors (Lipinski definition) is 6. The molecule has 0 aliphatic carbocycles. The van der Waals surface area contributed by atoms with Gasteiger partial charge < -0.3 is 58.1 Å². The first kappa shape index (κ1) is 74.4. The van der Waals surface area contributed by atoms with Gasteiger partial charge in [-0.3, -0.25) is 9.59 Å². The molecule has 12 aromatic carbocycles. The molecule has 14 nitrogen and oxygen atoms in total. The molecule has 110 heavy (non-hydrogen) atoms. The van der Waals surface area contributed by atoms with Crippen LogP contribution < -0.4 is 48.6 Å². The molecule has 4 aliphatic rings. The van der Waals surface area contributed by atoms with Crippen molar-refractivity contribution in [2.45, 2.75) is 155 Å². The zero-order valence-corrected chi connectivity index (χ0v) is 68.7. The molecule has 0 radical (unpaired) electrons. The molecule has 0 amide bonds. The highest BCUT2D eigenvalue weighted by molar-refractivity contribution is 7.57. The Labute approximate surface area is 651 Å². The maximum atomic E-state index is 15.1. The third-order valence-electron chi connectivity index (χ3n) is 21.9. The van der Waals surface area contributed by atoms with E-state index in [1.165, 1.54) is 32.7 Å². The van der Waals surface area contributed by atoms with Crippen molar-refractivity contribution >= 4 is 123 Å². The number of benzene rings is 12. The minimum absolute atomic E-state index is 0.0389. The summed E-state index contributed by atoms with van der Waals surface area (Å²) in [7, 11) is -5.11. The number of ether oxygens (including phenoxy) is 2. The topological polar surface area (TPSA) is 162 Å². The van der Waals surface area contributed by atoms with Gasteiger partial charge in [0.05, 0.1) is 35.6 Å². The fourth-order valence-electron chi connectivity index (χ4n) is 16.0. The smallest absolute Gasteiger partial charge is 0.307 e. The van der Waals surface area contributed by atoms with Crippen LogP contribution in [-0.4, -0.2) is 25.2 Å². The van der Waals surface area contributed by atoms with Gasteiger partial charge in [-0.05, 0) is 137 Å². The Morgan fingerprint density at radius 2 is 0.564 bits per heavy atom. The van der Waals surface area contributed by atoms with Crippen LogP contribution in [0.5, 0.6) is 23.0 Å². The highest BCUT2D eigenvalue weighted by Gasteiger charge is 2.41. The van der Waals surface area contributed by atoms with E-state index in [9.17, 15) is 0 Å². The molecular formula is C92H96N6O8P4. The molecule has 12 aromatic rings. The largest absolute Gasteiger partial charge is 0.462 e. The molecule has 4 heterocycles. The Morgan fingerprint density at radius 1 is 0.309 bits per heavy atom. The average Bonchev–Trinajstić information content (AvgIpc) is 0.739. The molecule has 18 heteroatoms. The maximum absolute atomic E-state index is 15.1. The van der Waals surface area contributed by atoms with Crippen molar-refractivity contribution in [2.75, 3.05) is 43.7 Å². The molecule has 4 unspecified atom stereocenters. The Balaban J connectivity index is 0.687. The molecule has 0 saturated heterocycles. The van der Waals surface area contributed by atoms with Gasteiger partial charge in [-0.1, -0.05) is 255 Å². The van der Waals surface area contributed by atoms with Crippen molar-refractivity contribution in [3.8, 4) is 23.0 Å². The van der Waals surface area contributed by atoms with Crippen LogP contribution in [-0.2, 0) is 63.9 Å². The van der Waals surface area contributed by atoms with Gasteiger partial charge in [0.2, 0.25) is 0 Å². The van der Waals surface area contributed by atoms with E-state index >= 15 is 9.59 Å². The summed E-state index contributed by atoms with van der Waals surface area (Å²) in [5, 5.41) is 31.7. The van der Waals surface area contributed by atoms with Gasteiger partial charge in [-0.15, -0.1) is 0 Å². The van der Waals surface area contributed by atoms with E-state index in [1.807, 2.05) is 0 Å². The zero-order valence-electron chi connectivity index (χ0n) is 65.1. The van der Waals surface area contributed by atoms with Gasteiger partial charge in [-0.25, -0.2) is 0 Å². The van der Waals surface area contributed by atoms with Crippen LogP contribution in [0.2, 0.25) is 0 Å². The Hall–Kier alpha value is -9.66. The number of carbonyl (C=O) groups is 2. The summed E-state index contributed by atoms with van der Waals surface area (Å²) < 4.78 is 40.8. The maximum Gasteiger partial charge on any atom is 0.307 e. The summed E-state index contributed by atoms with van der Waals surface area (Å²) in [4.78, 5) is 30.2. The highest BCUT2D eigenvalue weighted by atomic mass is 31.2. The number of nitrogens with one attached hydrogen (secondary N) is 6. The zero-order chi connectivity index (χ0) is 76.8. The van der Waals surface area contributed by atoms with Crippen molar-refractivity contribution in [3.63, 3.8) is 0 Å². The number of anilines is 6. The van der Waals surface area contributed by atoms with E-state index < -0.39 is 67.1 Å². The molecule has 16 rings (SSSR count). The van der Waals surface area contributed by atoms with Gasteiger partial charge in [-0.2, -0.15) is 0 Å². The minimum Gasteiger partial charge on any atom is -0.462 e. The molecule has 6 N–H and O–H groups in total. The van der Waals surface area contributed by atoms with Crippen LogP contribution >= 0.6 is 33.5 Å². The number of carbonyl (C=O) groups excluding carboxylic acids is 2. The second kappa shape index (κ2) is 28.9. The fourth-order valence-corrected chi connectivity index (χ4v) is 21.9. The van der Waals surface area contributed by atoms with Crippen LogP contribution in [0.15, 0.2) is 218 Å². The molecule has 0 fully saturated rings. The third kappa shape index (κ3) is 14.7. The summed E-state index contributed by atoms with van der Waals surface area (Å²) >= 11 is 0. The van der Waals surface area contributed by atoms with E-state index in [-0.39, 0.29) is 36.9 Å². The monoisotopic (exact) mass is 1540 g/mol. The second-order valence-corrected chi connectivity index (χ2v) is 39.5. The normalized spacial score (nSPS) is 16.6. The van der Waals surface area contributed by atoms with Gasteiger partial charge in [0.15, 0.2) is 16.6 Å². The first-order chi connectivity index (χ1) is 52.5. The molecule has 0 bridgehead atoms. The van der Waals surface area contributed by atoms with Crippen molar-refractivity contribution in [1.82, 2.24) is 0 Å². The molecule has 0 spiro atoms. The van der Waals surface area contributed by atoms with E-state index in [2.05, 4.69) is 346 Å². The molecule has 0 saturated carbocycles. The number of rotatable bonds is 19. The molecule has 4 aliphatic heterocycles. The summed E-state index contributed by atoms with van der Waals surface area (Å²) in [6.45, 7) is 30.3. The minimum atomic E-state index is -1.40. The van der Waals surface area contributed by atoms with Crippen molar-refractivity contribution in [2.24, 2.45) is 0 Å². The molecule has 4 atom stereocenters. The Kier molecular flexibility index (Phi) is 19.6. The van der Waals surface area contributed by atoms with E-state index in [1.54, 1.807) is 0 Å². The van der Waals surface area contributed by atoms with Gasteiger partial charge >= 0.3 is 28.8 Å². The standard InChI is InChI=1S/C92H96N6O8P4/c1-87(2,3)67-49-63(39-43-77(67)103-107-55-61-31-15-23-57-25-17-33-71(93-107)83(57)61)91(13,65-41-45-79(69(51-65)89(7,8)9)105-109-95-73-35-19-27-59-28-20-36-74(96-109)85(59)73)53-81(99)101-47-48-102-82(100)54-92(14,64-40-44-78(68(50-64)88(4,5)6)104-108-56-62-32-16-24-58-26-18-34-72(94-108)84(58)62)66-42-46-80(70(52-66)90(10,11)12)106-110-97-75-37-21-29-60-30-22-38-76(98-110)86(60)75/h15-46,49-52,93-98H,47-48,53-56H2,1-14H3. The van der Waals surface area contributed by atoms with Crippen LogP contribution in [0.3, 0.4) is 0 Å². The van der Waals surface area contributed by atoms with Crippen molar-refractivity contribution < 1.29 is 37.2 Å². The van der Waals surface area contributed by atoms with Gasteiger partial charge in [0.1, 0.15) is 36.2 Å². The van der Waals surface area contributed by atoms with Gasteiger partial charge in [0.25, 0.3) is 0 Å². The first-order valence-corrected chi connectivity index (χ1v) is 43.3. The van der Waals surface area contributed by atoms with Crippen molar-refractivity contribution in [3.05, 3.63) is 274 Å². The predicted molar refractivity (Wildman–Crippen MR) is 460 cm³/mol. The van der Waals surface area contributed by atoms with Gasteiger partial charge in [0, 0.05) is 78.3 Å². The van der Waals surface area contributed by atoms with Crippen LogP contribution in [0.1, 0.15) is 165 Å². The Bertz CT molecular complexity index is 4800. The van der Waals surface area contributed by atoms with Crippen LogP contribution in [0, 0.1) is 0 Å². The highest BCUT2D eigenvalue weighted by Crippen LogP contribution is 2.57. The number of esters is 2. The molecular weight excluding hydrogens is 1440 g/mol. The van der Waals surface area contributed by atoms with E-state index in [0.717, 1.165) is 135 Å². The lowest BCUT2D eigenvalue weighted by Crippen LogP contribution is -2.31. The lowest BCUT2D eigenvalue weighted by atomic mass is 9.70. The third-order valence-corrected chi connectivity index (χ3v) is 27.5.